The number of carbonyl (C=O) groups is 1. The minimum absolute atomic E-state index is 0.0746. The van der Waals surface area contributed by atoms with Crippen molar-refractivity contribution in [3.05, 3.63) is 29.8 Å². The number of rotatable bonds is 4. The fraction of sp³-hybridized carbons (Fsp3) is 0.533. The summed E-state index contributed by atoms with van der Waals surface area (Å²) < 4.78 is 26.7. The summed E-state index contributed by atoms with van der Waals surface area (Å²) >= 11 is 0. The number of aliphatic hydroxyl groups is 1. The number of piperidine rings is 1. The Labute approximate surface area is 125 Å². The molecule has 1 fully saturated rings. The van der Waals surface area contributed by atoms with Crippen molar-refractivity contribution in [1.82, 2.24) is 4.31 Å². The zero-order chi connectivity index (χ0) is 15.6. The van der Waals surface area contributed by atoms with Gasteiger partial charge in [0.05, 0.1) is 11.0 Å². The Kier molecular flexibility index (Phi) is 4.81. The lowest BCUT2D eigenvalue weighted by Crippen LogP contribution is -2.44. The predicted octanol–water partition coefficient (Wildman–Crippen LogP) is 1.67. The highest BCUT2D eigenvalue weighted by Gasteiger charge is 2.32. The third kappa shape index (κ3) is 3.33. The van der Waals surface area contributed by atoms with Gasteiger partial charge in [-0.05, 0) is 24.5 Å². The highest BCUT2D eigenvalue weighted by Crippen LogP contribution is 2.24. The molecule has 0 amide bonds. The number of hydrogen-bond acceptors (Lipinski definition) is 4. The smallest absolute Gasteiger partial charge is 0.243 e. The largest absolute Gasteiger partial charge is 0.393 e. The first-order valence-corrected chi connectivity index (χ1v) is 8.61. The van der Waals surface area contributed by atoms with E-state index < -0.39 is 16.1 Å². The van der Waals surface area contributed by atoms with E-state index in [9.17, 15) is 18.3 Å². The number of ketones is 1. The molecule has 116 valence electrons. The number of nitrogens with zero attached hydrogens (tertiary/aromatic N) is 1. The number of sulfonamides is 1. The number of Topliss-reactive ketones (excluding diaryl/α,β-unsaturated/α-hetero) is 1. The molecule has 2 unspecified atom stereocenters. The molecule has 0 aromatic heterocycles. The standard InChI is InChI=1S/C15H21NO4S/c1-3-14(17)12-5-4-6-13(9-12)21(19,20)16-8-7-15(18)11(2)10-16/h4-6,9,11,15,18H,3,7-8,10H2,1-2H3. The first-order valence-electron chi connectivity index (χ1n) is 7.17. The van der Waals surface area contributed by atoms with E-state index in [1.54, 1.807) is 19.1 Å². The summed E-state index contributed by atoms with van der Waals surface area (Å²) in [6.07, 6.45) is 0.328. The van der Waals surface area contributed by atoms with E-state index >= 15 is 0 Å². The van der Waals surface area contributed by atoms with E-state index in [2.05, 4.69) is 0 Å². The van der Waals surface area contributed by atoms with Crippen LogP contribution in [-0.2, 0) is 10.0 Å². The summed E-state index contributed by atoms with van der Waals surface area (Å²) in [6.45, 7) is 4.19. The second-order valence-corrected chi connectivity index (χ2v) is 7.44. The molecule has 1 saturated heterocycles. The molecule has 6 heteroatoms. The first kappa shape index (κ1) is 16.1. The van der Waals surface area contributed by atoms with Gasteiger partial charge in [-0.3, -0.25) is 4.79 Å². The summed E-state index contributed by atoms with van der Waals surface area (Å²) in [5.74, 6) is -0.163. The average Bonchev–Trinajstić information content (AvgIpc) is 2.49. The molecule has 2 rings (SSSR count). The molecule has 1 heterocycles. The van der Waals surface area contributed by atoms with Gasteiger partial charge in [-0.2, -0.15) is 4.31 Å². The van der Waals surface area contributed by atoms with Gasteiger partial charge in [-0.25, -0.2) is 8.42 Å². The molecule has 0 saturated carbocycles. The van der Waals surface area contributed by atoms with E-state index in [1.807, 2.05) is 6.92 Å². The second-order valence-electron chi connectivity index (χ2n) is 5.50. The molecule has 0 bridgehead atoms. The van der Waals surface area contributed by atoms with Crippen molar-refractivity contribution in [3.8, 4) is 0 Å². The van der Waals surface area contributed by atoms with Crippen LogP contribution in [-0.4, -0.2) is 42.8 Å². The molecule has 5 nitrogen and oxygen atoms in total. The number of benzene rings is 1. The zero-order valence-electron chi connectivity index (χ0n) is 12.3. The highest BCUT2D eigenvalue weighted by molar-refractivity contribution is 7.89. The summed E-state index contributed by atoms with van der Waals surface area (Å²) in [7, 11) is -3.61. The average molecular weight is 311 g/mol. The fourth-order valence-corrected chi connectivity index (χ4v) is 4.10. The van der Waals surface area contributed by atoms with Crippen molar-refractivity contribution < 1.29 is 18.3 Å². The van der Waals surface area contributed by atoms with Crippen molar-refractivity contribution >= 4 is 15.8 Å². The van der Waals surface area contributed by atoms with Crippen molar-refractivity contribution in [2.75, 3.05) is 13.1 Å². The van der Waals surface area contributed by atoms with Gasteiger partial charge in [0.1, 0.15) is 0 Å². The van der Waals surface area contributed by atoms with Gasteiger partial charge in [0.2, 0.25) is 10.0 Å². The predicted molar refractivity (Wildman–Crippen MR) is 79.6 cm³/mol. The maximum absolute atomic E-state index is 12.6. The van der Waals surface area contributed by atoms with E-state index in [4.69, 9.17) is 0 Å². The number of aliphatic hydroxyl groups excluding tert-OH is 1. The quantitative estimate of drug-likeness (QED) is 0.858. The lowest BCUT2D eigenvalue weighted by atomic mass is 9.99. The maximum Gasteiger partial charge on any atom is 0.243 e. The van der Waals surface area contributed by atoms with Gasteiger partial charge in [-0.15, -0.1) is 0 Å². The Morgan fingerprint density at radius 3 is 2.76 bits per heavy atom. The fourth-order valence-electron chi connectivity index (χ4n) is 2.50. The Morgan fingerprint density at radius 2 is 2.14 bits per heavy atom. The molecule has 0 radical (unpaired) electrons. The first-order chi connectivity index (χ1) is 9.86. The molecule has 1 aromatic carbocycles. The van der Waals surface area contributed by atoms with Crippen LogP contribution in [0.3, 0.4) is 0 Å². The number of hydrogen-bond donors (Lipinski definition) is 1. The summed E-state index contributed by atoms with van der Waals surface area (Å²) in [5.41, 5.74) is 0.420. The molecular formula is C15H21NO4S. The minimum Gasteiger partial charge on any atom is -0.393 e. The van der Waals surface area contributed by atoms with Gasteiger partial charge in [-0.1, -0.05) is 26.0 Å². The minimum atomic E-state index is -3.61. The summed E-state index contributed by atoms with van der Waals surface area (Å²) in [6, 6.07) is 6.18. The van der Waals surface area contributed by atoms with E-state index in [0.717, 1.165) is 0 Å². The van der Waals surface area contributed by atoms with Crippen molar-refractivity contribution in [1.29, 1.82) is 0 Å². The van der Waals surface area contributed by atoms with Gasteiger partial charge in [0.25, 0.3) is 0 Å². The van der Waals surface area contributed by atoms with Crippen molar-refractivity contribution in [3.63, 3.8) is 0 Å². The topological polar surface area (TPSA) is 74.7 Å². The van der Waals surface area contributed by atoms with Crippen LogP contribution in [0.15, 0.2) is 29.2 Å². The third-order valence-electron chi connectivity index (χ3n) is 3.94. The lowest BCUT2D eigenvalue weighted by Gasteiger charge is -2.33. The van der Waals surface area contributed by atoms with Gasteiger partial charge in [0.15, 0.2) is 5.78 Å². The normalized spacial score (nSPS) is 24.0. The molecule has 1 aliphatic heterocycles. The Hall–Kier alpha value is -1.24. The van der Waals surface area contributed by atoms with Crippen LogP contribution < -0.4 is 0 Å². The van der Waals surface area contributed by atoms with Gasteiger partial charge in [0, 0.05) is 25.1 Å². The Bertz CT molecular complexity index is 626. The zero-order valence-corrected chi connectivity index (χ0v) is 13.1. The van der Waals surface area contributed by atoms with Crippen molar-refractivity contribution in [2.45, 2.75) is 37.7 Å². The SMILES string of the molecule is CCC(=O)c1cccc(S(=O)(=O)N2CCC(O)C(C)C2)c1. The molecule has 0 aliphatic carbocycles. The summed E-state index contributed by atoms with van der Waals surface area (Å²) in [5, 5.41) is 9.71. The van der Waals surface area contributed by atoms with Crippen LogP contribution in [0, 0.1) is 5.92 Å². The van der Waals surface area contributed by atoms with Crippen LogP contribution in [0.5, 0.6) is 0 Å². The second kappa shape index (κ2) is 6.25. The highest BCUT2D eigenvalue weighted by atomic mass is 32.2. The van der Waals surface area contributed by atoms with Crippen LogP contribution in [0.1, 0.15) is 37.0 Å². The van der Waals surface area contributed by atoms with Gasteiger partial charge >= 0.3 is 0 Å². The molecule has 1 aromatic rings. The maximum atomic E-state index is 12.6. The molecule has 1 N–H and O–H groups in total. The number of carbonyl (C=O) groups excluding carboxylic acids is 1. The molecule has 2 atom stereocenters. The molecule has 0 spiro atoms. The van der Waals surface area contributed by atoms with Crippen LogP contribution in [0.25, 0.3) is 0 Å². The Morgan fingerprint density at radius 1 is 1.43 bits per heavy atom. The molecule has 21 heavy (non-hydrogen) atoms. The van der Waals surface area contributed by atoms with Crippen LogP contribution in [0.2, 0.25) is 0 Å². The van der Waals surface area contributed by atoms with Crippen LogP contribution in [0.4, 0.5) is 0 Å². The Balaban J connectivity index is 2.30. The monoisotopic (exact) mass is 311 g/mol. The van der Waals surface area contributed by atoms with E-state index in [-0.39, 0.29) is 16.6 Å². The van der Waals surface area contributed by atoms with E-state index in [0.29, 0.717) is 31.5 Å². The van der Waals surface area contributed by atoms with Crippen molar-refractivity contribution in [2.24, 2.45) is 5.92 Å². The third-order valence-corrected chi connectivity index (χ3v) is 5.80. The molecular weight excluding hydrogens is 290 g/mol. The van der Waals surface area contributed by atoms with Gasteiger partial charge < -0.3 is 5.11 Å². The molecule has 1 aliphatic rings. The lowest BCUT2D eigenvalue weighted by molar-refractivity contribution is 0.0628. The summed E-state index contributed by atoms with van der Waals surface area (Å²) in [4.78, 5) is 11.9. The van der Waals surface area contributed by atoms with Crippen LogP contribution >= 0.6 is 0 Å². The van der Waals surface area contributed by atoms with E-state index in [1.165, 1.54) is 16.4 Å².